The second-order valence-corrected chi connectivity index (χ2v) is 7.77. The molecular formula is C23H30N4O4. The standard InChI is InChI=1S/C23H30N4O4/c1-4-5-12-25(3)19-9-7-18(8-10-19)24-21(28)23(30)27-15-13-26(14-16-27)22(29)20-11-6-17(2)31-20/h6-11H,4-5,12-16H2,1-3H3,(H,24,28). The van der Waals surface area contributed by atoms with Crippen LogP contribution in [0, 0.1) is 6.92 Å². The highest BCUT2D eigenvalue weighted by molar-refractivity contribution is 6.39. The van der Waals surface area contributed by atoms with Crippen LogP contribution in [0.2, 0.25) is 0 Å². The fraction of sp³-hybridized carbons (Fsp3) is 0.435. The van der Waals surface area contributed by atoms with E-state index in [1.165, 1.54) is 4.90 Å². The maximum Gasteiger partial charge on any atom is 0.313 e. The van der Waals surface area contributed by atoms with Crippen LogP contribution < -0.4 is 10.2 Å². The molecule has 1 aliphatic rings. The van der Waals surface area contributed by atoms with Gasteiger partial charge in [-0.2, -0.15) is 0 Å². The van der Waals surface area contributed by atoms with Crippen LogP contribution in [0.4, 0.5) is 11.4 Å². The van der Waals surface area contributed by atoms with Gasteiger partial charge < -0.3 is 24.4 Å². The molecule has 2 aromatic rings. The number of nitrogens with one attached hydrogen (secondary N) is 1. The normalized spacial score (nSPS) is 13.8. The van der Waals surface area contributed by atoms with Crippen molar-refractivity contribution < 1.29 is 18.8 Å². The summed E-state index contributed by atoms with van der Waals surface area (Å²) in [5.74, 6) is -0.500. The van der Waals surface area contributed by atoms with Gasteiger partial charge in [0.25, 0.3) is 5.91 Å². The largest absolute Gasteiger partial charge is 0.456 e. The molecule has 8 nitrogen and oxygen atoms in total. The Morgan fingerprint density at radius 2 is 1.65 bits per heavy atom. The van der Waals surface area contributed by atoms with Crippen LogP contribution in [0.5, 0.6) is 0 Å². The van der Waals surface area contributed by atoms with Gasteiger partial charge in [0, 0.05) is 51.1 Å². The lowest BCUT2D eigenvalue weighted by atomic mass is 10.2. The first-order chi connectivity index (χ1) is 14.9. The SMILES string of the molecule is CCCCN(C)c1ccc(NC(=O)C(=O)N2CCN(C(=O)c3ccc(C)o3)CC2)cc1. The van der Waals surface area contributed by atoms with Gasteiger partial charge in [-0.1, -0.05) is 13.3 Å². The average molecular weight is 427 g/mol. The van der Waals surface area contributed by atoms with Crippen molar-refractivity contribution in [1.82, 2.24) is 9.80 Å². The molecule has 3 rings (SSSR count). The highest BCUT2D eigenvalue weighted by Gasteiger charge is 2.29. The number of aryl methyl sites for hydroxylation is 1. The summed E-state index contributed by atoms with van der Waals surface area (Å²) in [4.78, 5) is 42.6. The predicted octanol–water partition coefficient (Wildman–Crippen LogP) is 2.75. The molecule has 8 heteroatoms. The summed E-state index contributed by atoms with van der Waals surface area (Å²) >= 11 is 0. The monoisotopic (exact) mass is 426 g/mol. The highest BCUT2D eigenvalue weighted by Crippen LogP contribution is 2.18. The molecule has 2 heterocycles. The van der Waals surface area contributed by atoms with E-state index in [0.29, 0.717) is 43.4 Å². The molecule has 166 valence electrons. The Labute approximate surface area is 182 Å². The fourth-order valence-electron chi connectivity index (χ4n) is 3.47. The fourth-order valence-corrected chi connectivity index (χ4v) is 3.47. The van der Waals surface area contributed by atoms with E-state index in [9.17, 15) is 14.4 Å². The first kappa shape index (κ1) is 22.4. The molecule has 0 unspecified atom stereocenters. The van der Waals surface area contributed by atoms with Gasteiger partial charge in [0.2, 0.25) is 0 Å². The molecule has 31 heavy (non-hydrogen) atoms. The Balaban J connectivity index is 1.49. The van der Waals surface area contributed by atoms with E-state index < -0.39 is 11.8 Å². The Hall–Kier alpha value is -3.29. The van der Waals surface area contributed by atoms with Crippen LogP contribution in [0.25, 0.3) is 0 Å². The minimum atomic E-state index is -0.673. The van der Waals surface area contributed by atoms with Gasteiger partial charge in [0.05, 0.1) is 0 Å². The zero-order chi connectivity index (χ0) is 22.4. The van der Waals surface area contributed by atoms with Crippen LogP contribution in [-0.2, 0) is 9.59 Å². The van der Waals surface area contributed by atoms with Gasteiger partial charge in [-0.3, -0.25) is 14.4 Å². The lowest BCUT2D eigenvalue weighted by Gasteiger charge is -2.33. The van der Waals surface area contributed by atoms with Crippen molar-refractivity contribution in [1.29, 1.82) is 0 Å². The minimum Gasteiger partial charge on any atom is -0.456 e. The number of piperazine rings is 1. The Kier molecular flexibility index (Phi) is 7.33. The summed E-state index contributed by atoms with van der Waals surface area (Å²) in [5, 5.41) is 2.67. The Bertz CT molecular complexity index is 914. The van der Waals surface area contributed by atoms with E-state index in [1.54, 1.807) is 36.1 Å². The third-order valence-corrected chi connectivity index (χ3v) is 5.41. The van der Waals surface area contributed by atoms with Crippen LogP contribution in [0.1, 0.15) is 36.1 Å². The zero-order valence-corrected chi connectivity index (χ0v) is 18.4. The van der Waals surface area contributed by atoms with Crippen LogP contribution in [-0.4, -0.2) is 67.3 Å². The van der Waals surface area contributed by atoms with Gasteiger partial charge >= 0.3 is 11.8 Å². The molecule has 1 aliphatic heterocycles. The van der Waals surface area contributed by atoms with Crippen molar-refractivity contribution in [2.75, 3.05) is 50.0 Å². The molecule has 3 amide bonds. The lowest BCUT2D eigenvalue weighted by Crippen LogP contribution is -2.52. The Morgan fingerprint density at radius 3 is 2.23 bits per heavy atom. The molecular weight excluding hydrogens is 396 g/mol. The minimum absolute atomic E-state index is 0.200. The van der Waals surface area contributed by atoms with Crippen LogP contribution >= 0.6 is 0 Å². The number of carbonyl (C=O) groups is 3. The zero-order valence-electron chi connectivity index (χ0n) is 18.4. The van der Waals surface area contributed by atoms with Crippen molar-refractivity contribution in [2.24, 2.45) is 0 Å². The average Bonchev–Trinajstić information content (AvgIpc) is 3.23. The van der Waals surface area contributed by atoms with Crippen molar-refractivity contribution in [3.05, 3.63) is 47.9 Å². The van der Waals surface area contributed by atoms with Crippen LogP contribution in [0.15, 0.2) is 40.8 Å². The first-order valence-corrected chi connectivity index (χ1v) is 10.7. The summed E-state index contributed by atoms with van der Waals surface area (Å²) in [6.07, 6.45) is 2.25. The topological polar surface area (TPSA) is 86.1 Å². The second-order valence-electron chi connectivity index (χ2n) is 7.77. The summed E-state index contributed by atoms with van der Waals surface area (Å²) in [7, 11) is 2.03. The van der Waals surface area contributed by atoms with Gasteiger partial charge in [-0.15, -0.1) is 0 Å². The number of amides is 3. The summed E-state index contributed by atoms with van der Waals surface area (Å²) in [5.41, 5.74) is 1.64. The van der Waals surface area contributed by atoms with Gasteiger partial charge in [-0.25, -0.2) is 0 Å². The third-order valence-electron chi connectivity index (χ3n) is 5.41. The lowest BCUT2D eigenvalue weighted by molar-refractivity contribution is -0.144. The molecule has 1 aromatic carbocycles. The molecule has 0 radical (unpaired) electrons. The quantitative estimate of drug-likeness (QED) is 0.718. The van der Waals surface area contributed by atoms with Crippen molar-refractivity contribution in [3.63, 3.8) is 0 Å². The maximum atomic E-state index is 12.5. The summed E-state index contributed by atoms with van der Waals surface area (Å²) in [6, 6.07) is 10.8. The smallest absolute Gasteiger partial charge is 0.313 e. The molecule has 0 spiro atoms. The van der Waals surface area contributed by atoms with Gasteiger partial charge in [-0.05, 0) is 49.7 Å². The molecule has 1 saturated heterocycles. The summed E-state index contributed by atoms with van der Waals surface area (Å²) in [6.45, 7) is 6.23. The third kappa shape index (κ3) is 5.65. The van der Waals surface area contributed by atoms with E-state index in [0.717, 1.165) is 25.1 Å². The number of nitrogens with zero attached hydrogens (tertiary/aromatic N) is 3. The van der Waals surface area contributed by atoms with Crippen LogP contribution in [0.3, 0.4) is 0 Å². The van der Waals surface area contributed by atoms with Gasteiger partial charge in [0.1, 0.15) is 5.76 Å². The number of benzene rings is 1. The van der Waals surface area contributed by atoms with Crippen molar-refractivity contribution in [3.8, 4) is 0 Å². The Morgan fingerprint density at radius 1 is 1.00 bits per heavy atom. The van der Waals surface area contributed by atoms with Gasteiger partial charge in [0.15, 0.2) is 5.76 Å². The van der Waals surface area contributed by atoms with Crippen molar-refractivity contribution in [2.45, 2.75) is 26.7 Å². The molecule has 0 saturated carbocycles. The highest BCUT2D eigenvalue weighted by atomic mass is 16.3. The number of furan rings is 1. The summed E-state index contributed by atoms with van der Waals surface area (Å²) < 4.78 is 5.38. The van der Waals surface area contributed by atoms with E-state index in [-0.39, 0.29) is 5.91 Å². The number of rotatable bonds is 6. The molecule has 1 N–H and O–H groups in total. The number of carbonyl (C=O) groups excluding carboxylic acids is 3. The number of unbranched alkanes of at least 4 members (excludes halogenated alkanes) is 1. The second kappa shape index (κ2) is 10.1. The van der Waals surface area contributed by atoms with Crippen molar-refractivity contribution >= 4 is 29.1 Å². The maximum absolute atomic E-state index is 12.5. The molecule has 0 bridgehead atoms. The van der Waals surface area contributed by atoms with E-state index >= 15 is 0 Å². The number of hydrogen-bond acceptors (Lipinski definition) is 5. The molecule has 0 aliphatic carbocycles. The number of anilines is 2. The number of hydrogen-bond donors (Lipinski definition) is 1. The molecule has 1 fully saturated rings. The molecule has 1 aromatic heterocycles. The van der Waals surface area contributed by atoms with E-state index in [1.807, 2.05) is 19.2 Å². The molecule has 0 atom stereocenters. The van der Waals surface area contributed by atoms with E-state index in [4.69, 9.17) is 4.42 Å². The predicted molar refractivity (Wildman–Crippen MR) is 119 cm³/mol. The van der Waals surface area contributed by atoms with E-state index in [2.05, 4.69) is 17.1 Å². The first-order valence-electron chi connectivity index (χ1n) is 10.7.